The molecule has 0 radical (unpaired) electrons. The molecule has 1 aliphatic heterocycles. The van der Waals surface area contributed by atoms with Gasteiger partial charge in [0.05, 0.1) is 5.56 Å². The Balaban J connectivity index is 1.59. The summed E-state index contributed by atoms with van der Waals surface area (Å²) in [5, 5.41) is 13.6. The van der Waals surface area contributed by atoms with E-state index in [1.165, 1.54) is 11.8 Å². The van der Waals surface area contributed by atoms with E-state index in [-0.39, 0.29) is 22.5 Å². The number of ketones is 1. The highest BCUT2D eigenvalue weighted by Gasteiger charge is 2.42. The van der Waals surface area contributed by atoms with Crippen LogP contribution in [0.15, 0.2) is 75.8 Å². The molecule has 0 fully saturated rings. The molecule has 168 valence electrons. The summed E-state index contributed by atoms with van der Waals surface area (Å²) in [5.41, 5.74) is 3.40. The Bertz CT molecular complexity index is 1310. The zero-order valence-corrected chi connectivity index (χ0v) is 19.3. The van der Waals surface area contributed by atoms with E-state index in [2.05, 4.69) is 24.1 Å². The summed E-state index contributed by atoms with van der Waals surface area (Å²) in [5.74, 6) is 0.836. The van der Waals surface area contributed by atoms with Crippen molar-refractivity contribution in [2.24, 2.45) is 5.41 Å². The van der Waals surface area contributed by atoms with Crippen molar-refractivity contribution < 1.29 is 9.90 Å². The number of nitrogens with zero attached hydrogens (tertiary/aromatic N) is 1. The highest BCUT2D eigenvalue weighted by Crippen LogP contribution is 2.47. The van der Waals surface area contributed by atoms with Gasteiger partial charge in [0.15, 0.2) is 10.9 Å². The molecule has 3 aromatic rings. The van der Waals surface area contributed by atoms with Crippen molar-refractivity contribution in [2.45, 2.75) is 43.5 Å². The van der Waals surface area contributed by atoms with Gasteiger partial charge in [0, 0.05) is 29.4 Å². The highest BCUT2D eigenvalue weighted by atomic mass is 32.2. The molecule has 2 aromatic carbocycles. The summed E-state index contributed by atoms with van der Waals surface area (Å²) >= 11 is 1.47. The van der Waals surface area contributed by atoms with E-state index in [0.29, 0.717) is 40.7 Å². The van der Waals surface area contributed by atoms with Crippen LogP contribution in [0.25, 0.3) is 0 Å². The molecule has 1 aliphatic carbocycles. The molecule has 7 heteroatoms. The summed E-state index contributed by atoms with van der Waals surface area (Å²) < 4.78 is 0. The maximum Gasteiger partial charge on any atom is 0.257 e. The summed E-state index contributed by atoms with van der Waals surface area (Å²) in [6, 6.07) is 16.7. The fraction of sp³-hybridized carbons (Fsp3) is 0.269. The van der Waals surface area contributed by atoms with Gasteiger partial charge in [0.2, 0.25) is 0 Å². The molecule has 6 nitrogen and oxygen atoms in total. The number of thioether (sulfide) groups is 1. The van der Waals surface area contributed by atoms with E-state index in [4.69, 9.17) is 4.98 Å². The van der Waals surface area contributed by atoms with Gasteiger partial charge >= 0.3 is 0 Å². The number of rotatable bonds is 4. The van der Waals surface area contributed by atoms with Gasteiger partial charge in [-0.05, 0) is 35.1 Å². The number of aromatic hydroxyl groups is 1. The van der Waals surface area contributed by atoms with Crippen molar-refractivity contribution in [3.63, 3.8) is 0 Å². The number of fused-ring (bicyclic) bond motifs is 1. The Morgan fingerprint density at radius 3 is 2.52 bits per heavy atom. The number of hydrogen-bond donors (Lipinski definition) is 3. The van der Waals surface area contributed by atoms with Gasteiger partial charge in [-0.15, -0.1) is 0 Å². The summed E-state index contributed by atoms with van der Waals surface area (Å²) in [6.45, 7) is 4.15. The van der Waals surface area contributed by atoms with Gasteiger partial charge < -0.3 is 15.4 Å². The van der Waals surface area contributed by atoms with Crippen molar-refractivity contribution in [3.8, 4) is 5.75 Å². The van der Waals surface area contributed by atoms with Gasteiger partial charge in [0.25, 0.3) is 5.56 Å². The van der Waals surface area contributed by atoms with E-state index in [1.54, 1.807) is 24.3 Å². The van der Waals surface area contributed by atoms with Gasteiger partial charge in [-0.2, -0.15) is 0 Å². The minimum atomic E-state index is -0.523. The third kappa shape index (κ3) is 4.20. The lowest BCUT2D eigenvalue weighted by Gasteiger charge is -2.38. The third-order valence-corrected chi connectivity index (χ3v) is 7.09. The minimum Gasteiger partial charge on any atom is -0.508 e. The van der Waals surface area contributed by atoms with Crippen molar-refractivity contribution in [2.75, 3.05) is 5.32 Å². The normalized spacial score (nSPS) is 19.0. The topological polar surface area (TPSA) is 95.1 Å². The molecule has 2 heterocycles. The van der Waals surface area contributed by atoms with Crippen LogP contribution in [0.1, 0.15) is 49.3 Å². The van der Waals surface area contributed by atoms with E-state index in [9.17, 15) is 14.7 Å². The predicted octanol–water partition coefficient (Wildman–Crippen LogP) is 4.97. The van der Waals surface area contributed by atoms with E-state index >= 15 is 0 Å². The number of aromatic nitrogens is 2. The quantitative estimate of drug-likeness (QED) is 0.377. The van der Waals surface area contributed by atoms with Crippen molar-refractivity contribution in [1.82, 2.24) is 9.97 Å². The van der Waals surface area contributed by atoms with Crippen molar-refractivity contribution in [1.29, 1.82) is 0 Å². The Labute approximate surface area is 196 Å². The fourth-order valence-electron chi connectivity index (χ4n) is 4.69. The minimum absolute atomic E-state index is 0.0411. The van der Waals surface area contributed by atoms with E-state index in [0.717, 1.165) is 16.8 Å². The molecule has 1 aromatic heterocycles. The second-order valence-electron chi connectivity index (χ2n) is 9.39. The van der Waals surface area contributed by atoms with Crippen LogP contribution in [0, 0.1) is 5.41 Å². The largest absolute Gasteiger partial charge is 0.508 e. The third-order valence-electron chi connectivity index (χ3n) is 6.14. The Morgan fingerprint density at radius 2 is 1.79 bits per heavy atom. The first kappa shape index (κ1) is 21.5. The standard InChI is InChI=1S/C26H25N3O3S/c1-26(2)12-18-21(19(31)13-26)20(16-8-10-17(30)11-9-16)22-23(27-18)28-25(29-24(22)32)33-14-15-6-4-3-5-7-15/h3-11,20,30H,12-14H2,1-2H3,(H2,27,28,29,32). The van der Waals surface area contributed by atoms with Crippen LogP contribution in [0.2, 0.25) is 0 Å². The summed E-state index contributed by atoms with van der Waals surface area (Å²) in [7, 11) is 0. The summed E-state index contributed by atoms with van der Waals surface area (Å²) in [4.78, 5) is 34.2. The number of Topliss-reactive ketones (excluding diaryl/α,β-unsaturated/α-hetero) is 1. The molecule has 3 N–H and O–H groups in total. The van der Waals surface area contributed by atoms with Crippen molar-refractivity contribution in [3.05, 3.63) is 92.9 Å². The average Bonchev–Trinajstić information content (AvgIpc) is 2.77. The zero-order valence-electron chi connectivity index (χ0n) is 18.5. The lowest BCUT2D eigenvalue weighted by Crippen LogP contribution is -2.37. The number of aromatic amines is 1. The number of anilines is 1. The number of allylic oxidation sites excluding steroid dienone is 2. The highest BCUT2D eigenvalue weighted by molar-refractivity contribution is 7.98. The zero-order chi connectivity index (χ0) is 23.2. The number of hydrogen-bond acceptors (Lipinski definition) is 6. The average molecular weight is 460 g/mol. The smallest absolute Gasteiger partial charge is 0.257 e. The number of phenolic OH excluding ortho intramolecular Hbond substituents is 1. The fourth-order valence-corrected chi connectivity index (χ4v) is 5.50. The number of carbonyl (C=O) groups excluding carboxylic acids is 1. The second-order valence-corrected chi connectivity index (χ2v) is 10.4. The van der Waals surface area contributed by atoms with Gasteiger partial charge in [-0.3, -0.25) is 9.59 Å². The predicted molar refractivity (Wildman–Crippen MR) is 129 cm³/mol. The molecule has 1 unspecified atom stereocenters. The number of benzene rings is 2. The summed E-state index contributed by atoms with van der Waals surface area (Å²) in [6.07, 6.45) is 1.12. The maximum absolute atomic E-state index is 13.3. The van der Waals surface area contributed by atoms with Crippen LogP contribution < -0.4 is 10.9 Å². The monoisotopic (exact) mass is 459 g/mol. The van der Waals surface area contributed by atoms with Crippen LogP contribution in [0.5, 0.6) is 5.75 Å². The first-order valence-corrected chi connectivity index (χ1v) is 11.9. The second kappa shape index (κ2) is 8.23. The molecular formula is C26H25N3O3S. The molecule has 5 rings (SSSR count). The van der Waals surface area contributed by atoms with Gasteiger partial charge in [-0.1, -0.05) is 68.1 Å². The van der Waals surface area contributed by atoms with Crippen LogP contribution in [0.3, 0.4) is 0 Å². The lowest BCUT2D eigenvalue weighted by atomic mass is 9.69. The van der Waals surface area contributed by atoms with Crippen LogP contribution in [-0.2, 0) is 10.5 Å². The number of nitrogens with one attached hydrogen (secondary N) is 2. The van der Waals surface area contributed by atoms with E-state index in [1.807, 2.05) is 30.3 Å². The molecule has 1 atom stereocenters. The number of phenols is 1. The molecular weight excluding hydrogens is 434 g/mol. The first-order chi connectivity index (χ1) is 15.8. The van der Waals surface area contributed by atoms with Crippen LogP contribution in [-0.4, -0.2) is 20.9 Å². The van der Waals surface area contributed by atoms with Gasteiger partial charge in [-0.25, -0.2) is 4.98 Å². The molecule has 0 saturated carbocycles. The molecule has 2 aliphatic rings. The molecule has 33 heavy (non-hydrogen) atoms. The Kier molecular flexibility index (Phi) is 5.37. The molecule has 0 spiro atoms. The number of H-pyrrole nitrogens is 1. The molecule has 0 saturated heterocycles. The maximum atomic E-state index is 13.3. The van der Waals surface area contributed by atoms with Crippen molar-refractivity contribution >= 4 is 23.4 Å². The molecule has 0 bridgehead atoms. The lowest BCUT2D eigenvalue weighted by molar-refractivity contribution is -0.118. The Morgan fingerprint density at radius 1 is 1.06 bits per heavy atom. The molecule has 0 amide bonds. The first-order valence-electron chi connectivity index (χ1n) is 10.9. The SMILES string of the molecule is CC1(C)CC(=O)C2=C(C1)Nc1nc(SCc3ccccc3)[nH]c(=O)c1C2c1ccc(O)cc1. The van der Waals surface area contributed by atoms with Crippen LogP contribution in [0.4, 0.5) is 5.82 Å². The van der Waals surface area contributed by atoms with E-state index < -0.39 is 5.92 Å². The Hall–Kier alpha value is -3.32. The van der Waals surface area contributed by atoms with Crippen LogP contribution >= 0.6 is 11.8 Å². The number of carbonyl (C=O) groups is 1. The van der Waals surface area contributed by atoms with Gasteiger partial charge in [0.1, 0.15) is 11.6 Å².